The number of ether oxygens (including phenoxy) is 1. The Bertz CT molecular complexity index is 150. The van der Waals surface area contributed by atoms with E-state index < -0.39 is 6.10 Å². The van der Waals surface area contributed by atoms with Gasteiger partial charge in [0.2, 0.25) is 0 Å². The molecule has 0 saturated heterocycles. The summed E-state index contributed by atoms with van der Waals surface area (Å²) in [5.41, 5.74) is 0. The second-order valence-corrected chi connectivity index (χ2v) is 3.29. The van der Waals surface area contributed by atoms with E-state index in [9.17, 15) is 5.11 Å². The maximum Gasteiger partial charge on any atom is 0.121 e. The summed E-state index contributed by atoms with van der Waals surface area (Å²) in [6.45, 7) is 4.74. The van der Waals surface area contributed by atoms with Crippen molar-refractivity contribution in [2.24, 2.45) is 5.92 Å². The van der Waals surface area contributed by atoms with Crippen LogP contribution < -0.4 is 0 Å². The van der Waals surface area contributed by atoms with Crippen molar-refractivity contribution < 1.29 is 9.84 Å². The molecular weight excluding hydrogens is 140 g/mol. The number of rotatable bonds is 2. The first-order chi connectivity index (χ1) is 5.22. The van der Waals surface area contributed by atoms with E-state index in [0.717, 1.165) is 25.2 Å². The van der Waals surface area contributed by atoms with Gasteiger partial charge in [0, 0.05) is 0 Å². The first kappa shape index (κ1) is 8.60. The molecule has 0 amide bonds. The second kappa shape index (κ2) is 3.77. The van der Waals surface area contributed by atoms with E-state index in [1.54, 1.807) is 0 Å². The maximum atomic E-state index is 9.56. The highest BCUT2D eigenvalue weighted by Gasteiger charge is 2.17. The number of hydrogen-bond donors (Lipinski definition) is 1. The highest BCUT2D eigenvalue weighted by atomic mass is 16.5. The van der Waals surface area contributed by atoms with Crippen LogP contribution in [0.2, 0.25) is 0 Å². The molecule has 0 saturated carbocycles. The molecule has 0 aliphatic carbocycles. The fraction of sp³-hybridized carbons (Fsp3) is 0.778. The lowest BCUT2D eigenvalue weighted by Gasteiger charge is -2.21. The van der Waals surface area contributed by atoms with Crippen LogP contribution in [0.3, 0.4) is 0 Å². The Kier molecular flexibility index (Phi) is 2.94. The van der Waals surface area contributed by atoms with Gasteiger partial charge in [-0.15, -0.1) is 0 Å². The third-order valence-corrected chi connectivity index (χ3v) is 1.89. The summed E-state index contributed by atoms with van der Waals surface area (Å²) in [4.78, 5) is 0. The number of aliphatic hydroxyl groups excluding tert-OH is 1. The third-order valence-electron chi connectivity index (χ3n) is 1.89. The molecule has 1 aliphatic rings. The van der Waals surface area contributed by atoms with E-state index in [-0.39, 0.29) is 5.92 Å². The summed E-state index contributed by atoms with van der Waals surface area (Å²) in [6, 6.07) is 0. The summed E-state index contributed by atoms with van der Waals surface area (Å²) in [7, 11) is 0. The van der Waals surface area contributed by atoms with Gasteiger partial charge in [0.05, 0.1) is 6.61 Å². The summed E-state index contributed by atoms with van der Waals surface area (Å²) in [5, 5.41) is 9.56. The van der Waals surface area contributed by atoms with Gasteiger partial charge in [-0.3, -0.25) is 0 Å². The predicted molar refractivity (Wildman–Crippen MR) is 44.1 cm³/mol. The van der Waals surface area contributed by atoms with Crippen molar-refractivity contribution in [3.05, 3.63) is 11.8 Å². The van der Waals surface area contributed by atoms with Crippen molar-refractivity contribution in [3.8, 4) is 0 Å². The fourth-order valence-corrected chi connectivity index (χ4v) is 1.11. The zero-order valence-corrected chi connectivity index (χ0v) is 7.21. The van der Waals surface area contributed by atoms with Crippen LogP contribution in [-0.4, -0.2) is 17.8 Å². The van der Waals surface area contributed by atoms with Crippen molar-refractivity contribution in [1.82, 2.24) is 0 Å². The van der Waals surface area contributed by atoms with Crippen molar-refractivity contribution in [2.75, 3.05) is 6.61 Å². The van der Waals surface area contributed by atoms with E-state index in [0.29, 0.717) is 0 Å². The third kappa shape index (κ3) is 2.22. The van der Waals surface area contributed by atoms with Crippen LogP contribution in [0.15, 0.2) is 11.8 Å². The molecule has 64 valence electrons. The Morgan fingerprint density at radius 1 is 1.55 bits per heavy atom. The first-order valence-corrected chi connectivity index (χ1v) is 4.22. The quantitative estimate of drug-likeness (QED) is 0.659. The number of aliphatic hydroxyl groups is 1. The Labute approximate surface area is 67.9 Å². The lowest BCUT2D eigenvalue weighted by molar-refractivity contribution is 0.0651. The van der Waals surface area contributed by atoms with Crippen LogP contribution in [0.4, 0.5) is 0 Å². The SMILES string of the molecule is CC(C)C(O)C1=CCCCO1. The summed E-state index contributed by atoms with van der Waals surface area (Å²) < 4.78 is 5.31. The highest BCUT2D eigenvalue weighted by molar-refractivity contribution is 5.02. The minimum absolute atomic E-state index is 0.249. The minimum atomic E-state index is -0.407. The Morgan fingerprint density at radius 3 is 2.73 bits per heavy atom. The maximum absolute atomic E-state index is 9.56. The van der Waals surface area contributed by atoms with Crippen molar-refractivity contribution in [1.29, 1.82) is 0 Å². The molecule has 1 aliphatic heterocycles. The van der Waals surface area contributed by atoms with Gasteiger partial charge in [0.1, 0.15) is 11.9 Å². The average Bonchev–Trinajstić information content (AvgIpc) is 2.05. The molecule has 0 aromatic carbocycles. The topological polar surface area (TPSA) is 29.5 Å². The highest BCUT2D eigenvalue weighted by Crippen LogP contribution is 2.18. The smallest absolute Gasteiger partial charge is 0.121 e. The van der Waals surface area contributed by atoms with Gasteiger partial charge in [0.25, 0.3) is 0 Å². The molecular formula is C9H16O2. The van der Waals surface area contributed by atoms with E-state index in [4.69, 9.17) is 4.74 Å². The van der Waals surface area contributed by atoms with Gasteiger partial charge < -0.3 is 9.84 Å². The van der Waals surface area contributed by atoms with E-state index in [1.165, 1.54) is 0 Å². The Balaban J connectivity index is 2.51. The molecule has 0 bridgehead atoms. The van der Waals surface area contributed by atoms with Crippen LogP contribution in [0.25, 0.3) is 0 Å². The standard InChI is InChI=1S/C9H16O2/c1-7(2)9(10)8-5-3-4-6-11-8/h5,7,9-10H,3-4,6H2,1-2H3. The molecule has 1 atom stereocenters. The molecule has 0 fully saturated rings. The minimum Gasteiger partial charge on any atom is -0.495 e. The summed E-state index contributed by atoms with van der Waals surface area (Å²) in [6.07, 6.45) is 3.71. The van der Waals surface area contributed by atoms with E-state index >= 15 is 0 Å². The van der Waals surface area contributed by atoms with E-state index in [2.05, 4.69) is 0 Å². The molecule has 0 aromatic rings. The molecule has 2 heteroatoms. The lowest BCUT2D eigenvalue weighted by atomic mass is 10.0. The normalized spacial score (nSPS) is 20.9. The van der Waals surface area contributed by atoms with Crippen LogP contribution in [0, 0.1) is 5.92 Å². The Hall–Kier alpha value is -0.500. The zero-order valence-electron chi connectivity index (χ0n) is 7.21. The Morgan fingerprint density at radius 2 is 2.27 bits per heavy atom. The van der Waals surface area contributed by atoms with Crippen LogP contribution >= 0.6 is 0 Å². The molecule has 11 heavy (non-hydrogen) atoms. The average molecular weight is 156 g/mol. The monoisotopic (exact) mass is 156 g/mol. The molecule has 1 rings (SSSR count). The van der Waals surface area contributed by atoms with Gasteiger partial charge in [-0.2, -0.15) is 0 Å². The van der Waals surface area contributed by atoms with Crippen molar-refractivity contribution in [3.63, 3.8) is 0 Å². The zero-order chi connectivity index (χ0) is 8.27. The molecule has 0 aromatic heterocycles. The van der Waals surface area contributed by atoms with Gasteiger partial charge in [-0.25, -0.2) is 0 Å². The predicted octanol–water partition coefficient (Wildman–Crippen LogP) is 1.70. The van der Waals surface area contributed by atoms with E-state index in [1.807, 2.05) is 19.9 Å². The number of hydrogen-bond acceptors (Lipinski definition) is 2. The molecule has 2 nitrogen and oxygen atoms in total. The van der Waals surface area contributed by atoms with Crippen molar-refractivity contribution in [2.45, 2.75) is 32.8 Å². The fourth-order valence-electron chi connectivity index (χ4n) is 1.11. The van der Waals surface area contributed by atoms with Crippen LogP contribution in [-0.2, 0) is 4.74 Å². The van der Waals surface area contributed by atoms with Gasteiger partial charge in [-0.1, -0.05) is 13.8 Å². The molecule has 0 radical (unpaired) electrons. The van der Waals surface area contributed by atoms with Crippen LogP contribution in [0.1, 0.15) is 26.7 Å². The van der Waals surface area contributed by atoms with Crippen LogP contribution in [0.5, 0.6) is 0 Å². The van der Waals surface area contributed by atoms with Gasteiger partial charge >= 0.3 is 0 Å². The lowest BCUT2D eigenvalue weighted by Crippen LogP contribution is -2.21. The first-order valence-electron chi connectivity index (χ1n) is 4.22. The molecule has 1 heterocycles. The second-order valence-electron chi connectivity index (χ2n) is 3.29. The van der Waals surface area contributed by atoms with Gasteiger partial charge in [0.15, 0.2) is 0 Å². The summed E-state index contributed by atoms with van der Waals surface area (Å²) >= 11 is 0. The van der Waals surface area contributed by atoms with Crippen molar-refractivity contribution >= 4 is 0 Å². The summed E-state index contributed by atoms with van der Waals surface area (Å²) in [5.74, 6) is 1.02. The molecule has 1 unspecified atom stereocenters. The molecule has 0 spiro atoms. The number of allylic oxidation sites excluding steroid dienone is 1. The molecule has 1 N–H and O–H groups in total. The largest absolute Gasteiger partial charge is 0.495 e. The van der Waals surface area contributed by atoms with Gasteiger partial charge in [-0.05, 0) is 24.8 Å².